The number of hydrogen-bond acceptors (Lipinski definition) is 5. The third-order valence-electron chi connectivity index (χ3n) is 5.10. The van der Waals surface area contributed by atoms with E-state index in [-0.39, 0.29) is 11.1 Å². The summed E-state index contributed by atoms with van der Waals surface area (Å²) >= 11 is 12.2. The summed E-state index contributed by atoms with van der Waals surface area (Å²) in [6, 6.07) is 12.0. The number of urea groups is 1. The van der Waals surface area contributed by atoms with Crippen LogP contribution in [-0.4, -0.2) is 25.8 Å². The van der Waals surface area contributed by atoms with Crippen molar-refractivity contribution in [2.75, 3.05) is 10.7 Å². The molecule has 0 aliphatic rings. The average Bonchev–Trinajstić information content (AvgIpc) is 3.04. The van der Waals surface area contributed by atoms with Crippen LogP contribution in [0.3, 0.4) is 0 Å². The normalized spacial score (nSPS) is 11.1. The number of nitrogens with zero attached hydrogens (tertiary/aromatic N) is 4. The lowest BCUT2D eigenvalue weighted by Gasteiger charge is -2.14. The van der Waals surface area contributed by atoms with Gasteiger partial charge in [-0.1, -0.05) is 49.2 Å². The molecule has 0 bridgehead atoms. The Balaban J connectivity index is 1.51. The summed E-state index contributed by atoms with van der Waals surface area (Å²) in [7, 11) is 1.85. The van der Waals surface area contributed by atoms with Gasteiger partial charge in [-0.3, -0.25) is 15.5 Å². The SMILES string of the molecule is Cc1nn(C)c2nc(NNC(=O)Nc3cc(Cl)nc(-c4cccc(Cl)c4)c3)cc(C(C)C)c12. The second-order valence-electron chi connectivity index (χ2n) is 7.94. The Morgan fingerprint density at radius 2 is 1.88 bits per heavy atom. The van der Waals surface area contributed by atoms with Crippen molar-refractivity contribution in [3.05, 3.63) is 63.9 Å². The highest BCUT2D eigenvalue weighted by Crippen LogP contribution is 2.29. The number of pyridine rings is 2. The number of nitrogens with one attached hydrogen (secondary N) is 3. The number of aromatic nitrogens is 4. The van der Waals surface area contributed by atoms with E-state index in [9.17, 15) is 4.79 Å². The molecule has 0 radical (unpaired) electrons. The molecule has 8 nitrogen and oxygen atoms in total. The molecule has 1 aromatic carbocycles. The third kappa shape index (κ3) is 5.02. The summed E-state index contributed by atoms with van der Waals surface area (Å²) in [6.07, 6.45) is 0. The minimum atomic E-state index is -0.483. The Kier molecular flexibility index (Phi) is 6.40. The number of rotatable bonds is 5. The number of fused-ring (bicyclic) bond motifs is 1. The molecule has 3 aromatic heterocycles. The summed E-state index contributed by atoms with van der Waals surface area (Å²) in [4.78, 5) is 21.4. The van der Waals surface area contributed by atoms with Crippen molar-refractivity contribution in [1.29, 1.82) is 0 Å². The maximum atomic E-state index is 12.5. The van der Waals surface area contributed by atoms with Gasteiger partial charge in [-0.05, 0) is 48.7 Å². The fourth-order valence-corrected chi connectivity index (χ4v) is 4.04. The summed E-state index contributed by atoms with van der Waals surface area (Å²) in [5.74, 6) is 0.772. The Labute approximate surface area is 201 Å². The summed E-state index contributed by atoms with van der Waals surface area (Å²) < 4.78 is 1.73. The Hall–Kier alpha value is -3.36. The molecular formula is C23H23Cl2N7O. The number of hydrogen-bond donors (Lipinski definition) is 3. The van der Waals surface area contributed by atoms with Gasteiger partial charge in [0.25, 0.3) is 0 Å². The number of carbonyl (C=O) groups is 1. The Morgan fingerprint density at radius 3 is 2.61 bits per heavy atom. The van der Waals surface area contributed by atoms with Crippen molar-refractivity contribution in [3.8, 4) is 11.3 Å². The maximum absolute atomic E-state index is 12.5. The van der Waals surface area contributed by atoms with Crippen molar-refractivity contribution in [2.24, 2.45) is 7.05 Å². The van der Waals surface area contributed by atoms with Crippen LogP contribution in [0.4, 0.5) is 16.3 Å². The first kappa shape index (κ1) is 22.8. The molecule has 3 heterocycles. The number of amides is 2. The van der Waals surface area contributed by atoms with Crippen LogP contribution in [-0.2, 0) is 7.05 Å². The second-order valence-corrected chi connectivity index (χ2v) is 8.76. The number of halogens is 2. The molecule has 0 aliphatic heterocycles. The molecule has 3 N–H and O–H groups in total. The van der Waals surface area contributed by atoms with Gasteiger partial charge in [0.05, 0.1) is 11.4 Å². The number of hydrazine groups is 1. The standard InChI is InChI=1S/C23H23Cl2N7O/c1-12(2)17-11-20(28-22-21(17)13(3)31-32(22)4)29-30-23(33)26-16-9-18(27-19(25)10-16)14-6-5-7-15(24)8-14/h5-12H,1-4H3,(H,28,29)(H2,26,27,30,33). The molecule has 4 aromatic rings. The maximum Gasteiger partial charge on any atom is 0.337 e. The second kappa shape index (κ2) is 9.25. The van der Waals surface area contributed by atoms with Gasteiger partial charge in [0, 0.05) is 28.7 Å². The van der Waals surface area contributed by atoms with E-state index >= 15 is 0 Å². The summed E-state index contributed by atoms with van der Waals surface area (Å²) in [5.41, 5.74) is 10.1. The average molecular weight is 484 g/mol. The number of benzene rings is 1. The predicted octanol–water partition coefficient (Wildman–Crippen LogP) is 5.92. The van der Waals surface area contributed by atoms with Crippen LogP contribution in [0.2, 0.25) is 10.2 Å². The zero-order valence-electron chi connectivity index (χ0n) is 18.6. The Morgan fingerprint density at radius 1 is 1.09 bits per heavy atom. The van der Waals surface area contributed by atoms with Gasteiger partial charge >= 0.3 is 6.03 Å². The monoisotopic (exact) mass is 483 g/mol. The van der Waals surface area contributed by atoms with Crippen LogP contribution in [0.5, 0.6) is 0 Å². The van der Waals surface area contributed by atoms with Gasteiger partial charge in [-0.2, -0.15) is 5.10 Å². The van der Waals surface area contributed by atoms with E-state index in [0.717, 1.165) is 27.9 Å². The molecule has 10 heteroatoms. The van der Waals surface area contributed by atoms with Gasteiger partial charge in [0.1, 0.15) is 11.0 Å². The van der Waals surface area contributed by atoms with Crippen LogP contribution in [0.1, 0.15) is 31.0 Å². The molecular weight excluding hydrogens is 461 g/mol. The first-order valence-electron chi connectivity index (χ1n) is 10.3. The Bertz CT molecular complexity index is 1350. The largest absolute Gasteiger partial charge is 0.337 e. The molecule has 0 saturated carbocycles. The van der Waals surface area contributed by atoms with Crippen LogP contribution in [0.25, 0.3) is 22.3 Å². The molecule has 170 valence electrons. The minimum Gasteiger partial charge on any atom is -0.306 e. The van der Waals surface area contributed by atoms with Crippen molar-refractivity contribution < 1.29 is 4.79 Å². The van der Waals surface area contributed by atoms with Gasteiger partial charge in [-0.25, -0.2) is 14.8 Å². The molecule has 33 heavy (non-hydrogen) atoms. The van der Waals surface area contributed by atoms with Crippen molar-refractivity contribution >= 4 is 51.8 Å². The van der Waals surface area contributed by atoms with E-state index in [2.05, 4.69) is 45.1 Å². The molecule has 0 fully saturated rings. The van der Waals surface area contributed by atoms with Gasteiger partial charge < -0.3 is 5.32 Å². The lowest BCUT2D eigenvalue weighted by molar-refractivity contribution is 0.254. The van der Waals surface area contributed by atoms with Crippen LogP contribution in [0, 0.1) is 6.92 Å². The predicted molar refractivity (Wildman–Crippen MR) is 133 cm³/mol. The van der Waals surface area contributed by atoms with E-state index < -0.39 is 6.03 Å². The first-order valence-corrected chi connectivity index (χ1v) is 11.1. The highest BCUT2D eigenvalue weighted by Gasteiger charge is 2.16. The van der Waals surface area contributed by atoms with Gasteiger partial charge in [0.2, 0.25) is 0 Å². The third-order valence-corrected chi connectivity index (χ3v) is 5.53. The molecule has 0 unspecified atom stereocenters. The van der Waals surface area contributed by atoms with E-state index in [1.807, 2.05) is 32.2 Å². The van der Waals surface area contributed by atoms with Crippen molar-refractivity contribution in [2.45, 2.75) is 26.7 Å². The van der Waals surface area contributed by atoms with Crippen molar-refractivity contribution in [3.63, 3.8) is 0 Å². The van der Waals surface area contributed by atoms with Crippen LogP contribution >= 0.6 is 23.2 Å². The zero-order chi connectivity index (χ0) is 23.7. The fraction of sp³-hybridized carbons (Fsp3) is 0.217. The highest BCUT2D eigenvalue weighted by molar-refractivity contribution is 6.31. The van der Waals surface area contributed by atoms with E-state index in [4.69, 9.17) is 23.2 Å². The van der Waals surface area contributed by atoms with Gasteiger partial charge in [-0.15, -0.1) is 0 Å². The molecule has 0 spiro atoms. The summed E-state index contributed by atoms with van der Waals surface area (Å²) in [6.45, 7) is 6.18. The zero-order valence-corrected chi connectivity index (χ0v) is 20.1. The lowest BCUT2D eigenvalue weighted by atomic mass is 10.00. The van der Waals surface area contributed by atoms with Crippen LogP contribution < -0.4 is 16.2 Å². The minimum absolute atomic E-state index is 0.246. The van der Waals surface area contributed by atoms with E-state index in [1.54, 1.807) is 28.9 Å². The summed E-state index contributed by atoms with van der Waals surface area (Å²) in [5, 5.41) is 9.08. The molecule has 0 atom stereocenters. The molecule has 0 aliphatic carbocycles. The number of carbonyl (C=O) groups excluding carboxylic acids is 1. The quantitative estimate of drug-likeness (QED) is 0.242. The van der Waals surface area contributed by atoms with Crippen molar-refractivity contribution in [1.82, 2.24) is 25.2 Å². The highest BCUT2D eigenvalue weighted by atomic mass is 35.5. The lowest BCUT2D eigenvalue weighted by Crippen LogP contribution is -2.34. The number of anilines is 2. The first-order chi connectivity index (χ1) is 15.7. The van der Waals surface area contributed by atoms with E-state index in [0.29, 0.717) is 22.2 Å². The molecule has 4 rings (SSSR count). The molecule has 2 amide bonds. The van der Waals surface area contributed by atoms with E-state index in [1.165, 1.54) is 0 Å². The fourth-order valence-electron chi connectivity index (χ4n) is 3.65. The smallest absolute Gasteiger partial charge is 0.306 e. The molecule has 0 saturated heterocycles. The number of aryl methyl sites for hydroxylation is 2. The topological polar surface area (TPSA) is 96.8 Å². The van der Waals surface area contributed by atoms with Gasteiger partial charge in [0.15, 0.2) is 5.65 Å². The van der Waals surface area contributed by atoms with Crippen LogP contribution in [0.15, 0.2) is 42.5 Å².